The number of hydrogen-bond acceptors (Lipinski definition) is 13. The number of pyridine rings is 2. The summed E-state index contributed by atoms with van der Waals surface area (Å²) in [5, 5.41) is 29.0. The summed E-state index contributed by atoms with van der Waals surface area (Å²) in [6.45, 7) is 22.7. The van der Waals surface area contributed by atoms with Crippen molar-refractivity contribution in [2.75, 3.05) is 72.5 Å². The van der Waals surface area contributed by atoms with Crippen LogP contribution >= 0.6 is 11.6 Å². The van der Waals surface area contributed by atoms with Crippen LogP contribution in [0.15, 0.2) is 49.1 Å². The van der Waals surface area contributed by atoms with E-state index in [0.29, 0.717) is 45.1 Å². The molecule has 4 rings (SSSR count). The number of halogens is 1. The number of aromatic nitrogens is 2. The van der Waals surface area contributed by atoms with E-state index in [-0.39, 0.29) is 42.0 Å². The fourth-order valence-electron chi connectivity index (χ4n) is 6.31. The molecule has 0 saturated carbocycles. The molecule has 4 atom stereocenters. The standard InChI is InChI=1S/C18H31N5O2.C18H36N4O4.C6H6ClN/c1-18(2,3)21-17(25)16-13-22(11-14-4-6-20-7-5-14)8-9-23(16)12-15(24)10-19;1-17(2,3)20-15(24)14-12-22(16(25)26-18(4,5)6)9-8-21(14)11-13(23)10-19-7;7-4-6-2-1-3-8-5-6/h4-7,15-16,24H,8-13,19H2,1-3H3,(H,21,25);13-14,19,23H,8-12H2,1-7H3,(H,20,24);1-3,5H,4H2/t15?,16-;13?,14-;/m00./s1. The van der Waals surface area contributed by atoms with Gasteiger partial charge in [-0.15, -0.1) is 11.6 Å². The van der Waals surface area contributed by atoms with Crippen molar-refractivity contribution in [1.82, 2.24) is 45.5 Å². The number of amides is 3. The Morgan fingerprint density at radius 3 is 1.85 bits per heavy atom. The summed E-state index contributed by atoms with van der Waals surface area (Å²) < 4.78 is 5.44. The third-order valence-corrected chi connectivity index (χ3v) is 9.26. The van der Waals surface area contributed by atoms with Crippen molar-refractivity contribution in [2.45, 2.75) is 116 Å². The van der Waals surface area contributed by atoms with Gasteiger partial charge in [-0.1, -0.05) is 6.07 Å². The number of rotatable bonds is 12. The minimum Gasteiger partial charge on any atom is -0.444 e. The predicted molar refractivity (Wildman–Crippen MR) is 233 cm³/mol. The number of hydrogen-bond donors (Lipinski definition) is 6. The van der Waals surface area contributed by atoms with Crippen LogP contribution in [0.1, 0.15) is 73.4 Å². The van der Waals surface area contributed by atoms with Crippen molar-refractivity contribution in [2.24, 2.45) is 5.73 Å². The smallest absolute Gasteiger partial charge is 0.410 e. The van der Waals surface area contributed by atoms with Crippen LogP contribution in [-0.4, -0.2) is 171 Å². The molecule has 0 aromatic carbocycles. The Kier molecular flexibility index (Phi) is 21.6. The summed E-state index contributed by atoms with van der Waals surface area (Å²) in [6.07, 6.45) is 5.44. The molecule has 17 heteroatoms. The van der Waals surface area contributed by atoms with Gasteiger partial charge < -0.3 is 41.5 Å². The Bertz CT molecular complexity index is 1520. The molecule has 2 unspecified atom stereocenters. The Labute approximate surface area is 357 Å². The SMILES string of the molecule is CC(C)(C)NC(=O)[C@@H]1CN(Cc2ccncc2)CCN1CC(O)CN.CNCC(O)CN1CCN(C(=O)OC(C)(C)C)C[C@H]1C(=O)NC(C)(C)C.ClCc1cccnc1. The van der Waals surface area contributed by atoms with Gasteiger partial charge in [-0.2, -0.15) is 0 Å². The highest BCUT2D eigenvalue weighted by Gasteiger charge is 2.38. The third-order valence-electron chi connectivity index (χ3n) is 8.95. The monoisotopic (exact) mass is 849 g/mol. The molecule has 3 amide bonds. The van der Waals surface area contributed by atoms with Crippen LogP contribution in [0, 0.1) is 0 Å². The number of β-amino-alcohol motifs (C(OH)–C–C–N with tert-alkyl or cyclic N) is 2. The van der Waals surface area contributed by atoms with E-state index in [2.05, 4.69) is 30.8 Å². The molecule has 0 aliphatic carbocycles. The molecule has 0 radical (unpaired) electrons. The Morgan fingerprint density at radius 2 is 1.37 bits per heavy atom. The lowest BCUT2D eigenvalue weighted by molar-refractivity contribution is -0.132. The third kappa shape index (κ3) is 21.1. The molecule has 334 valence electrons. The largest absolute Gasteiger partial charge is 0.444 e. The van der Waals surface area contributed by atoms with Gasteiger partial charge in [-0.05, 0) is 98.7 Å². The number of nitrogens with zero attached hydrogens (tertiary/aromatic N) is 6. The minimum absolute atomic E-state index is 0.00357. The molecule has 0 spiro atoms. The molecule has 4 heterocycles. The molecule has 2 aromatic rings. The number of ether oxygens (including phenoxy) is 1. The first-order valence-corrected chi connectivity index (χ1v) is 20.9. The second-order valence-corrected chi connectivity index (χ2v) is 18.4. The van der Waals surface area contributed by atoms with E-state index in [1.807, 2.05) is 96.4 Å². The van der Waals surface area contributed by atoms with E-state index in [1.54, 1.807) is 36.7 Å². The van der Waals surface area contributed by atoms with Crippen molar-refractivity contribution in [1.29, 1.82) is 0 Å². The van der Waals surface area contributed by atoms with E-state index >= 15 is 0 Å². The van der Waals surface area contributed by atoms with Crippen molar-refractivity contribution in [3.05, 3.63) is 60.2 Å². The fourth-order valence-corrected chi connectivity index (χ4v) is 6.47. The van der Waals surface area contributed by atoms with E-state index in [1.165, 1.54) is 5.56 Å². The number of nitrogens with one attached hydrogen (secondary N) is 3. The molecular formula is C42H73ClN10O6. The molecule has 0 bridgehead atoms. The number of carbonyl (C=O) groups excluding carboxylic acids is 3. The van der Waals surface area contributed by atoms with Gasteiger partial charge in [0.05, 0.1) is 12.2 Å². The van der Waals surface area contributed by atoms with Crippen molar-refractivity contribution in [3.63, 3.8) is 0 Å². The highest BCUT2D eigenvalue weighted by atomic mass is 35.5. The lowest BCUT2D eigenvalue weighted by Gasteiger charge is -2.42. The number of aliphatic hydroxyl groups excluding tert-OH is 2. The average Bonchev–Trinajstić information content (AvgIpc) is 3.14. The highest BCUT2D eigenvalue weighted by Crippen LogP contribution is 2.18. The first-order chi connectivity index (χ1) is 27.5. The normalized spacial score (nSPS) is 19.3. The van der Waals surface area contributed by atoms with Crippen LogP contribution < -0.4 is 21.7 Å². The van der Waals surface area contributed by atoms with Gasteiger partial charge in [0.15, 0.2) is 0 Å². The van der Waals surface area contributed by atoms with Crippen LogP contribution in [0.25, 0.3) is 0 Å². The van der Waals surface area contributed by atoms with Gasteiger partial charge in [0.25, 0.3) is 0 Å². The van der Waals surface area contributed by atoms with Crippen LogP contribution in [-0.2, 0) is 26.8 Å². The molecule has 59 heavy (non-hydrogen) atoms. The Hall–Kier alpha value is -3.48. The van der Waals surface area contributed by atoms with E-state index in [0.717, 1.165) is 25.2 Å². The average molecular weight is 850 g/mol. The summed E-state index contributed by atoms with van der Waals surface area (Å²) in [7, 11) is 1.77. The van der Waals surface area contributed by atoms with Gasteiger partial charge in [0.1, 0.15) is 17.7 Å². The molecule has 2 aliphatic heterocycles. The van der Waals surface area contributed by atoms with Crippen molar-refractivity contribution in [3.8, 4) is 0 Å². The van der Waals surface area contributed by atoms with E-state index in [4.69, 9.17) is 22.1 Å². The summed E-state index contributed by atoms with van der Waals surface area (Å²) in [5.41, 5.74) is 6.55. The summed E-state index contributed by atoms with van der Waals surface area (Å²) >= 11 is 5.49. The summed E-state index contributed by atoms with van der Waals surface area (Å²) in [4.78, 5) is 53.7. The zero-order chi connectivity index (χ0) is 44.4. The predicted octanol–water partition coefficient (Wildman–Crippen LogP) is 2.03. The maximum absolute atomic E-state index is 12.8. The van der Waals surface area contributed by atoms with Gasteiger partial charge in [-0.3, -0.25) is 34.3 Å². The second-order valence-electron chi connectivity index (χ2n) is 18.1. The topological polar surface area (TPSA) is 202 Å². The molecule has 7 N–H and O–H groups in total. The molecule has 2 aliphatic rings. The summed E-state index contributed by atoms with van der Waals surface area (Å²) in [5.74, 6) is 0.395. The van der Waals surface area contributed by atoms with Crippen molar-refractivity contribution < 1.29 is 29.3 Å². The van der Waals surface area contributed by atoms with Gasteiger partial charge in [0.2, 0.25) is 11.8 Å². The van der Waals surface area contributed by atoms with Crippen LogP contribution in [0.5, 0.6) is 0 Å². The Balaban J connectivity index is 0.000000342. The number of nitrogens with two attached hydrogens (primary N) is 1. The number of aliphatic hydroxyl groups is 2. The molecule has 2 fully saturated rings. The quantitative estimate of drug-likeness (QED) is 0.170. The zero-order valence-electron chi connectivity index (χ0n) is 37.1. The first kappa shape index (κ1) is 51.7. The zero-order valence-corrected chi connectivity index (χ0v) is 37.8. The molecular weight excluding hydrogens is 776 g/mol. The van der Waals surface area contributed by atoms with Gasteiger partial charge in [-0.25, -0.2) is 4.79 Å². The summed E-state index contributed by atoms with van der Waals surface area (Å²) in [6, 6.07) is 6.99. The molecule has 2 saturated heterocycles. The Morgan fingerprint density at radius 1 is 0.814 bits per heavy atom. The van der Waals surface area contributed by atoms with Crippen LogP contribution in [0.4, 0.5) is 4.79 Å². The number of likely N-dealkylation sites (N-methyl/N-ethyl adjacent to an activating group) is 1. The van der Waals surface area contributed by atoms with Crippen LogP contribution in [0.3, 0.4) is 0 Å². The van der Waals surface area contributed by atoms with Crippen LogP contribution in [0.2, 0.25) is 0 Å². The van der Waals surface area contributed by atoms with Gasteiger partial charge >= 0.3 is 6.09 Å². The van der Waals surface area contributed by atoms with E-state index in [9.17, 15) is 24.6 Å². The lowest BCUT2D eigenvalue weighted by Crippen LogP contribution is -2.63. The number of alkyl halides is 1. The molecule has 16 nitrogen and oxygen atoms in total. The number of piperazine rings is 2. The van der Waals surface area contributed by atoms with Gasteiger partial charge in [0, 0.05) is 114 Å². The lowest BCUT2D eigenvalue weighted by atomic mass is 10.1. The molecule has 2 aromatic heterocycles. The fraction of sp³-hybridized carbons (Fsp3) is 0.690. The minimum atomic E-state index is -0.614. The second kappa shape index (κ2) is 24.7. The van der Waals surface area contributed by atoms with E-state index < -0.39 is 29.9 Å². The maximum Gasteiger partial charge on any atom is 0.410 e. The first-order valence-electron chi connectivity index (χ1n) is 20.4. The number of carbonyl (C=O) groups is 3. The highest BCUT2D eigenvalue weighted by molar-refractivity contribution is 6.17. The maximum atomic E-state index is 12.8. The van der Waals surface area contributed by atoms with Crippen molar-refractivity contribution >= 4 is 29.5 Å².